The molecule has 0 aliphatic rings. The van der Waals surface area contributed by atoms with E-state index in [2.05, 4.69) is 15.7 Å². The second-order valence-electron chi connectivity index (χ2n) is 6.48. The van der Waals surface area contributed by atoms with Crippen molar-refractivity contribution in [2.24, 2.45) is 0 Å². The number of hydrogen-bond donors (Lipinski definition) is 0. The average Bonchev–Trinajstić information content (AvgIpc) is 3.20. The van der Waals surface area contributed by atoms with Crippen LogP contribution < -0.4 is 4.74 Å². The van der Waals surface area contributed by atoms with E-state index in [1.54, 1.807) is 24.3 Å². The smallest absolute Gasteiger partial charge is 0.131 e. The third-order valence-electron chi connectivity index (χ3n) is 4.58. The van der Waals surface area contributed by atoms with E-state index in [1.165, 1.54) is 0 Å². The molecule has 3 aromatic carbocycles. The highest BCUT2D eigenvalue weighted by Gasteiger charge is 2.14. The first-order valence-corrected chi connectivity index (χ1v) is 10.2. The van der Waals surface area contributed by atoms with E-state index < -0.39 is 0 Å². The Morgan fingerprint density at radius 2 is 1.64 bits per heavy atom. The van der Waals surface area contributed by atoms with Crippen LogP contribution in [-0.4, -0.2) is 15.4 Å². The summed E-state index contributed by atoms with van der Waals surface area (Å²) in [6, 6.07) is 16.5. The largest absolute Gasteiger partial charge is 0.494 e. The van der Waals surface area contributed by atoms with Crippen LogP contribution in [0.25, 0.3) is 33.3 Å². The minimum atomic E-state index is -0.308. The van der Waals surface area contributed by atoms with Crippen LogP contribution in [0.15, 0.2) is 54.6 Å². The zero-order chi connectivity index (χ0) is 19.5. The molecule has 4 rings (SSSR count). The first-order chi connectivity index (χ1) is 13.7. The first kappa shape index (κ1) is 18.8. The number of rotatable bonds is 6. The Hall–Kier alpha value is -2.50. The van der Waals surface area contributed by atoms with Crippen molar-refractivity contribution in [1.82, 2.24) is 8.75 Å². The van der Waals surface area contributed by atoms with E-state index in [4.69, 9.17) is 16.3 Å². The molecule has 0 radical (unpaired) electrons. The van der Waals surface area contributed by atoms with E-state index in [9.17, 15) is 4.39 Å². The summed E-state index contributed by atoms with van der Waals surface area (Å²) in [5, 5.41) is 0.519. The molecule has 0 atom stereocenters. The molecule has 4 aromatic rings. The second kappa shape index (κ2) is 8.25. The summed E-state index contributed by atoms with van der Waals surface area (Å²) in [5.74, 6) is 0.520. The number of fused-ring (bicyclic) bond motifs is 1. The molecule has 0 N–H and O–H groups in total. The van der Waals surface area contributed by atoms with Crippen molar-refractivity contribution in [3.63, 3.8) is 0 Å². The molecule has 1 aromatic heterocycles. The number of benzene rings is 3. The summed E-state index contributed by atoms with van der Waals surface area (Å²) >= 11 is 7.23. The Bertz CT molecular complexity index is 1110. The van der Waals surface area contributed by atoms with Crippen LogP contribution in [0.1, 0.15) is 19.8 Å². The van der Waals surface area contributed by atoms with Gasteiger partial charge in [0.25, 0.3) is 0 Å². The Labute approximate surface area is 172 Å². The first-order valence-electron chi connectivity index (χ1n) is 9.11. The van der Waals surface area contributed by atoms with Crippen LogP contribution in [0.5, 0.6) is 5.75 Å². The Morgan fingerprint density at radius 3 is 2.39 bits per heavy atom. The van der Waals surface area contributed by atoms with Gasteiger partial charge in [0, 0.05) is 11.1 Å². The summed E-state index contributed by atoms with van der Waals surface area (Å²) < 4.78 is 29.1. The second-order valence-corrected chi connectivity index (χ2v) is 7.41. The van der Waals surface area contributed by atoms with Crippen LogP contribution >= 0.6 is 23.3 Å². The Kier molecular flexibility index (Phi) is 5.55. The van der Waals surface area contributed by atoms with Crippen LogP contribution in [0.2, 0.25) is 5.02 Å². The summed E-state index contributed by atoms with van der Waals surface area (Å²) in [7, 11) is 0. The molecule has 0 bridgehead atoms. The van der Waals surface area contributed by atoms with Crippen LogP contribution in [0.3, 0.4) is 0 Å². The zero-order valence-corrected chi connectivity index (χ0v) is 16.9. The SMILES string of the molecule is CCCCOc1ccc(-c2ccc(-c3ccc(Cl)c4nsnc34)c(F)c2)cc1. The number of aromatic nitrogens is 2. The maximum atomic E-state index is 14.9. The minimum Gasteiger partial charge on any atom is -0.494 e. The van der Waals surface area contributed by atoms with E-state index in [-0.39, 0.29) is 5.82 Å². The van der Waals surface area contributed by atoms with Crippen LogP contribution in [-0.2, 0) is 0 Å². The van der Waals surface area contributed by atoms with Gasteiger partial charge in [-0.15, -0.1) is 0 Å². The zero-order valence-electron chi connectivity index (χ0n) is 15.3. The lowest BCUT2D eigenvalue weighted by molar-refractivity contribution is 0.309. The lowest BCUT2D eigenvalue weighted by atomic mass is 9.98. The standard InChI is InChI=1S/C22H18ClFN2OS/c1-2-3-12-27-16-7-4-14(5-8-16)15-6-9-17(20(24)13-15)18-10-11-19(23)22-21(18)25-28-26-22/h4-11,13H,2-3,12H2,1H3. The molecule has 0 saturated heterocycles. The number of halogens is 2. The maximum absolute atomic E-state index is 14.9. The van der Waals surface area contributed by atoms with Gasteiger partial charge in [-0.2, -0.15) is 8.75 Å². The minimum absolute atomic E-state index is 0.308. The summed E-state index contributed by atoms with van der Waals surface area (Å²) in [6.45, 7) is 2.84. The van der Waals surface area contributed by atoms with Crippen molar-refractivity contribution in [2.75, 3.05) is 6.61 Å². The molecule has 3 nitrogen and oxygen atoms in total. The molecule has 0 aliphatic heterocycles. The normalized spacial score (nSPS) is 11.1. The lowest BCUT2D eigenvalue weighted by Gasteiger charge is -2.09. The lowest BCUT2D eigenvalue weighted by Crippen LogP contribution is -1.96. The third-order valence-corrected chi connectivity index (χ3v) is 5.41. The van der Waals surface area contributed by atoms with Crippen molar-refractivity contribution in [1.29, 1.82) is 0 Å². The molecule has 0 aliphatic carbocycles. The molecule has 0 spiro atoms. The molecule has 0 fully saturated rings. The van der Waals surface area contributed by atoms with Crippen molar-refractivity contribution in [3.8, 4) is 28.0 Å². The van der Waals surface area contributed by atoms with E-state index >= 15 is 0 Å². The van der Waals surface area contributed by atoms with Gasteiger partial charge < -0.3 is 4.74 Å². The fourth-order valence-electron chi connectivity index (χ4n) is 3.04. The van der Waals surface area contributed by atoms with E-state index in [0.717, 1.165) is 41.4 Å². The Morgan fingerprint density at radius 1 is 0.929 bits per heavy atom. The summed E-state index contributed by atoms with van der Waals surface area (Å²) in [6.07, 6.45) is 2.13. The van der Waals surface area contributed by atoms with Crippen molar-refractivity contribution in [3.05, 3.63) is 65.4 Å². The molecule has 1 heterocycles. The van der Waals surface area contributed by atoms with Gasteiger partial charge in [-0.1, -0.05) is 55.3 Å². The Balaban J connectivity index is 1.63. The fourth-order valence-corrected chi connectivity index (χ4v) is 3.86. The van der Waals surface area contributed by atoms with Gasteiger partial charge in [-0.25, -0.2) is 4.39 Å². The van der Waals surface area contributed by atoms with Gasteiger partial charge in [-0.3, -0.25) is 0 Å². The molecule has 0 amide bonds. The van der Waals surface area contributed by atoms with Crippen LogP contribution in [0, 0.1) is 5.82 Å². The van der Waals surface area contributed by atoms with Crippen molar-refractivity contribution >= 4 is 34.4 Å². The predicted molar refractivity (Wildman–Crippen MR) is 114 cm³/mol. The van der Waals surface area contributed by atoms with Gasteiger partial charge >= 0.3 is 0 Å². The van der Waals surface area contributed by atoms with Gasteiger partial charge in [0.1, 0.15) is 22.6 Å². The molecule has 6 heteroatoms. The van der Waals surface area contributed by atoms with Gasteiger partial charge in [0.15, 0.2) is 0 Å². The third kappa shape index (κ3) is 3.73. The number of nitrogens with zero attached hydrogens (tertiary/aromatic N) is 2. The predicted octanol–water partition coefficient (Wildman–Crippen LogP) is 7.00. The molecule has 0 unspecified atom stereocenters. The van der Waals surface area contributed by atoms with E-state index in [0.29, 0.717) is 33.8 Å². The summed E-state index contributed by atoms with van der Waals surface area (Å²) in [4.78, 5) is 0. The molecule has 142 valence electrons. The van der Waals surface area contributed by atoms with Crippen LogP contribution in [0.4, 0.5) is 4.39 Å². The highest BCUT2D eigenvalue weighted by molar-refractivity contribution is 7.00. The molecular formula is C22H18ClFN2OS. The van der Waals surface area contributed by atoms with Gasteiger partial charge in [-0.05, 0) is 41.8 Å². The number of hydrogen-bond acceptors (Lipinski definition) is 4. The molecule has 28 heavy (non-hydrogen) atoms. The molecular weight excluding hydrogens is 395 g/mol. The highest BCUT2D eigenvalue weighted by atomic mass is 35.5. The fraction of sp³-hybridized carbons (Fsp3) is 0.182. The highest BCUT2D eigenvalue weighted by Crippen LogP contribution is 2.35. The average molecular weight is 413 g/mol. The number of unbranched alkanes of at least 4 members (excludes halogenated alkanes) is 1. The molecule has 0 saturated carbocycles. The topological polar surface area (TPSA) is 35.0 Å². The van der Waals surface area contributed by atoms with Crippen molar-refractivity contribution < 1.29 is 9.13 Å². The monoisotopic (exact) mass is 412 g/mol. The quantitative estimate of drug-likeness (QED) is 0.320. The van der Waals surface area contributed by atoms with E-state index in [1.807, 2.05) is 30.3 Å². The van der Waals surface area contributed by atoms with Gasteiger partial charge in [0.05, 0.1) is 23.4 Å². The van der Waals surface area contributed by atoms with Gasteiger partial charge in [0.2, 0.25) is 0 Å². The summed E-state index contributed by atoms with van der Waals surface area (Å²) in [5.41, 5.74) is 4.14. The number of ether oxygens (including phenoxy) is 1. The maximum Gasteiger partial charge on any atom is 0.131 e. The van der Waals surface area contributed by atoms with Crippen molar-refractivity contribution in [2.45, 2.75) is 19.8 Å².